The number of ether oxygens (including phenoxy) is 1. The monoisotopic (exact) mass is 347 g/mol. The van der Waals surface area contributed by atoms with Crippen LogP contribution >= 0.6 is 0 Å². The maximum Gasteiger partial charge on any atom is 0.411 e. The van der Waals surface area contributed by atoms with Gasteiger partial charge >= 0.3 is 6.09 Å². The summed E-state index contributed by atoms with van der Waals surface area (Å²) in [5, 5.41) is 0. The molecule has 1 unspecified atom stereocenters. The number of likely N-dealkylation sites (tertiary alicyclic amines) is 1. The molecule has 1 fully saturated rings. The number of rotatable bonds is 2. The van der Waals surface area contributed by atoms with Crippen LogP contribution < -0.4 is 0 Å². The van der Waals surface area contributed by atoms with Crippen LogP contribution in [0.25, 0.3) is 0 Å². The standard InChI is InChI=1S/C23H25NO2/c1-17-14-18(2)22(19(3)15-17)12-11-21-10-7-13-24(21)23(25)26-16-20-8-5-4-6-9-20/h4-6,8-9,14-15,21H,7,10,13,16H2,1-3H3. The molecule has 0 aromatic heterocycles. The average Bonchev–Trinajstić information content (AvgIpc) is 3.08. The zero-order chi connectivity index (χ0) is 18.5. The maximum absolute atomic E-state index is 12.5. The summed E-state index contributed by atoms with van der Waals surface area (Å²) in [6, 6.07) is 14.0. The minimum atomic E-state index is -0.275. The highest BCUT2D eigenvalue weighted by Gasteiger charge is 2.28. The van der Waals surface area contributed by atoms with E-state index in [2.05, 4.69) is 44.7 Å². The van der Waals surface area contributed by atoms with E-state index in [9.17, 15) is 4.79 Å². The molecule has 3 nitrogen and oxygen atoms in total. The molecular formula is C23H25NO2. The van der Waals surface area contributed by atoms with Crippen molar-refractivity contribution in [3.8, 4) is 11.8 Å². The second kappa shape index (κ2) is 8.10. The molecule has 0 saturated carbocycles. The molecule has 26 heavy (non-hydrogen) atoms. The fraction of sp³-hybridized carbons (Fsp3) is 0.348. The largest absolute Gasteiger partial charge is 0.445 e. The van der Waals surface area contributed by atoms with Crippen LogP contribution in [0.2, 0.25) is 0 Å². The minimum absolute atomic E-state index is 0.0709. The Balaban J connectivity index is 1.68. The SMILES string of the molecule is Cc1cc(C)c(C#CC2CCCN2C(=O)OCc2ccccc2)c(C)c1. The predicted molar refractivity (Wildman–Crippen MR) is 104 cm³/mol. The third-order valence-electron chi connectivity index (χ3n) is 4.73. The number of benzene rings is 2. The topological polar surface area (TPSA) is 29.5 Å². The van der Waals surface area contributed by atoms with Gasteiger partial charge in [-0.05, 0) is 50.3 Å². The van der Waals surface area contributed by atoms with Crippen molar-refractivity contribution < 1.29 is 9.53 Å². The quantitative estimate of drug-likeness (QED) is 0.733. The minimum Gasteiger partial charge on any atom is -0.445 e. The molecule has 1 aliphatic heterocycles. The Kier molecular flexibility index (Phi) is 5.63. The van der Waals surface area contributed by atoms with Gasteiger partial charge in [0, 0.05) is 12.1 Å². The molecule has 1 heterocycles. The van der Waals surface area contributed by atoms with E-state index in [1.807, 2.05) is 30.3 Å². The molecule has 1 aliphatic rings. The van der Waals surface area contributed by atoms with E-state index in [1.54, 1.807) is 4.90 Å². The van der Waals surface area contributed by atoms with Gasteiger partial charge in [-0.3, -0.25) is 4.90 Å². The molecule has 2 aromatic carbocycles. The van der Waals surface area contributed by atoms with E-state index in [4.69, 9.17) is 4.74 Å². The average molecular weight is 347 g/mol. The van der Waals surface area contributed by atoms with Gasteiger partial charge in [0.05, 0.1) is 6.04 Å². The first-order valence-corrected chi connectivity index (χ1v) is 9.11. The van der Waals surface area contributed by atoms with Crippen LogP contribution in [0.3, 0.4) is 0 Å². The summed E-state index contributed by atoms with van der Waals surface area (Å²) in [6.45, 7) is 7.28. The van der Waals surface area contributed by atoms with Crippen molar-refractivity contribution in [2.45, 2.75) is 46.3 Å². The van der Waals surface area contributed by atoms with E-state index in [0.29, 0.717) is 13.2 Å². The number of amides is 1. The Bertz CT molecular complexity index is 822. The Labute approximate surface area is 156 Å². The highest BCUT2D eigenvalue weighted by molar-refractivity contribution is 5.69. The highest BCUT2D eigenvalue weighted by Crippen LogP contribution is 2.20. The highest BCUT2D eigenvalue weighted by atomic mass is 16.6. The number of aryl methyl sites for hydroxylation is 3. The van der Waals surface area contributed by atoms with Crippen LogP contribution in [0.1, 0.15) is 40.7 Å². The molecule has 1 amide bonds. The number of carbonyl (C=O) groups excluding carboxylic acids is 1. The third-order valence-corrected chi connectivity index (χ3v) is 4.73. The Morgan fingerprint density at radius 1 is 1.15 bits per heavy atom. The molecule has 0 spiro atoms. The van der Waals surface area contributed by atoms with E-state index >= 15 is 0 Å². The predicted octanol–water partition coefficient (Wildman–Crippen LogP) is 4.76. The summed E-state index contributed by atoms with van der Waals surface area (Å²) < 4.78 is 5.48. The Hall–Kier alpha value is -2.73. The summed E-state index contributed by atoms with van der Waals surface area (Å²) in [5.41, 5.74) is 5.68. The lowest BCUT2D eigenvalue weighted by atomic mass is 10.00. The summed E-state index contributed by atoms with van der Waals surface area (Å²) in [6.07, 6.45) is 1.59. The van der Waals surface area contributed by atoms with Crippen molar-refractivity contribution in [1.29, 1.82) is 0 Å². The number of nitrogens with zero attached hydrogens (tertiary/aromatic N) is 1. The maximum atomic E-state index is 12.5. The number of carbonyl (C=O) groups is 1. The molecule has 2 aromatic rings. The molecular weight excluding hydrogens is 322 g/mol. The summed E-state index contributed by atoms with van der Waals surface area (Å²) >= 11 is 0. The summed E-state index contributed by atoms with van der Waals surface area (Å²) in [7, 11) is 0. The summed E-state index contributed by atoms with van der Waals surface area (Å²) in [4.78, 5) is 14.2. The van der Waals surface area contributed by atoms with Crippen LogP contribution in [-0.2, 0) is 11.3 Å². The normalized spacial score (nSPS) is 16.1. The van der Waals surface area contributed by atoms with Crippen LogP contribution in [0.4, 0.5) is 4.79 Å². The lowest BCUT2D eigenvalue weighted by Crippen LogP contribution is -2.35. The van der Waals surface area contributed by atoms with Gasteiger partial charge < -0.3 is 4.74 Å². The van der Waals surface area contributed by atoms with Crippen LogP contribution in [0.5, 0.6) is 0 Å². The molecule has 0 radical (unpaired) electrons. The van der Waals surface area contributed by atoms with Gasteiger partial charge in [0.1, 0.15) is 6.61 Å². The molecule has 134 valence electrons. The van der Waals surface area contributed by atoms with Gasteiger partial charge in [0.15, 0.2) is 0 Å². The van der Waals surface area contributed by atoms with Crippen molar-refractivity contribution in [2.75, 3.05) is 6.54 Å². The van der Waals surface area contributed by atoms with Gasteiger partial charge in [-0.2, -0.15) is 0 Å². The number of hydrogen-bond donors (Lipinski definition) is 0. The van der Waals surface area contributed by atoms with E-state index in [0.717, 1.165) is 24.0 Å². The summed E-state index contributed by atoms with van der Waals surface area (Å²) in [5.74, 6) is 6.61. The first-order chi connectivity index (χ1) is 12.5. The van der Waals surface area contributed by atoms with Gasteiger partial charge in [-0.25, -0.2) is 4.79 Å². The lowest BCUT2D eigenvalue weighted by Gasteiger charge is -2.20. The zero-order valence-electron chi connectivity index (χ0n) is 15.7. The van der Waals surface area contributed by atoms with Gasteiger partial charge in [0.2, 0.25) is 0 Å². The first kappa shape index (κ1) is 18.1. The van der Waals surface area contributed by atoms with Crippen molar-refractivity contribution in [3.63, 3.8) is 0 Å². The Morgan fingerprint density at radius 2 is 1.85 bits per heavy atom. The molecule has 1 saturated heterocycles. The van der Waals surface area contributed by atoms with Gasteiger partial charge in [-0.1, -0.05) is 59.9 Å². The molecule has 3 rings (SSSR count). The molecule has 0 aliphatic carbocycles. The van der Waals surface area contributed by atoms with E-state index in [-0.39, 0.29) is 12.1 Å². The lowest BCUT2D eigenvalue weighted by molar-refractivity contribution is 0.0984. The smallest absolute Gasteiger partial charge is 0.411 e. The van der Waals surface area contributed by atoms with Crippen LogP contribution in [-0.4, -0.2) is 23.6 Å². The fourth-order valence-electron chi connectivity index (χ4n) is 3.47. The second-order valence-corrected chi connectivity index (χ2v) is 6.93. The van der Waals surface area contributed by atoms with E-state index in [1.165, 1.54) is 16.7 Å². The molecule has 0 N–H and O–H groups in total. The molecule has 3 heteroatoms. The van der Waals surface area contributed by atoms with Crippen molar-refractivity contribution >= 4 is 6.09 Å². The third kappa shape index (κ3) is 4.26. The Morgan fingerprint density at radius 3 is 2.54 bits per heavy atom. The molecule has 1 atom stereocenters. The van der Waals surface area contributed by atoms with Crippen LogP contribution in [0.15, 0.2) is 42.5 Å². The molecule has 0 bridgehead atoms. The second-order valence-electron chi connectivity index (χ2n) is 6.93. The van der Waals surface area contributed by atoms with Gasteiger partial charge in [0.25, 0.3) is 0 Å². The van der Waals surface area contributed by atoms with E-state index < -0.39 is 0 Å². The van der Waals surface area contributed by atoms with Crippen molar-refractivity contribution in [3.05, 3.63) is 70.3 Å². The fourth-order valence-corrected chi connectivity index (χ4v) is 3.47. The first-order valence-electron chi connectivity index (χ1n) is 9.11. The number of hydrogen-bond acceptors (Lipinski definition) is 2. The zero-order valence-corrected chi connectivity index (χ0v) is 15.7. The van der Waals surface area contributed by atoms with Gasteiger partial charge in [-0.15, -0.1) is 0 Å². The van der Waals surface area contributed by atoms with Crippen molar-refractivity contribution in [1.82, 2.24) is 4.90 Å². The van der Waals surface area contributed by atoms with Crippen molar-refractivity contribution in [2.24, 2.45) is 0 Å². The van der Waals surface area contributed by atoms with Crippen LogP contribution in [0, 0.1) is 32.6 Å².